The minimum Gasteiger partial charge on any atom is -0.356 e. The molecule has 1 saturated carbocycles. The van der Waals surface area contributed by atoms with Crippen molar-refractivity contribution in [2.75, 3.05) is 20.1 Å². The molecule has 0 aromatic carbocycles. The van der Waals surface area contributed by atoms with Crippen LogP contribution >= 0.6 is 11.3 Å². The van der Waals surface area contributed by atoms with Gasteiger partial charge in [-0.15, -0.1) is 11.3 Å². The number of nitrogens with zero attached hydrogens (tertiary/aromatic N) is 3. The number of aromatic nitrogens is 2. The zero-order valence-corrected chi connectivity index (χ0v) is 17.5. The molecule has 2 aromatic heterocycles. The molecule has 0 saturated heterocycles. The third-order valence-electron chi connectivity index (χ3n) is 6.17. The smallest absolute Gasteiger partial charge is 0.223 e. The normalized spacial score (nSPS) is 19.7. The van der Waals surface area contributed by atoms with Gasteiger partial charge in [0.2, 0.25) is 5.91 Å². The topological polar surface area (TPSA) is 58.1 Å². The van der Waals surface area contributed by atoms with Crippen molar-refractivity contribution in [2.24, 2.45) is 5.92 Å². The molecule has 2 heterocycles. The molecule has 1 N–H and O–H groups in total. The Balaban J connectivity index is 1.25. The molecule has 0 bridgehead atoms. The number of aryl methyl sites for hydroxylation is 1. The van der Waals surface area contributed by atoms with Crippen molar-refractivity contribution in [3.63, 3.8) is 0 Å². The van der Waals surface area contributed by atoms with E-state index in [0.717, 1.165) is 61.1 Å². The van der Waals surface area contributed by atoms with E-state index in [-0.39, 0.29) is 11.8 Å². The Bertz CT molecular complexity index is 785. The van der Waals surface area contributed by atoms with Crippen LogP contribution in [0.4, 0.5) is 0 Å². The van der Waals surface area contributed by atoms with Gasteiger partial charge in [-0.25, -0.2) is 4.98 Å². The molecule has 5 nitrogen and oxygen atoms in total. The monoisotopic (exact) mass is 398 g/mol. The van der Waals surface area contributed by atoms with E-state index in [4.69, 9.17) is 4.98 Å². The highest BCUT2D eigenvalue weighted by molar-refractivity contribution is 7.15. The maximum absolute atomic E-state index is 12.6. The summed E-state index contributed by atoms with van der Waals surface area (Å²) in [5.74, 6) is 0.264. The minimum absolute atomic E-state index is 0.0625. The Kier molecular flexibility index (Phi) is 6.37. The first-order valence-electron chi connectivity index (χ1n) is 10.6. The lowest BCUT2D eigenvalue weighted by Crippen LogP contribution is -2.36. The van der Waals surface area contributed by atoms with Gasteiger partial charge in [0, 0.05) is 47.8 Å². The van der Waals surface area contributed by atoms with Crippen LogP contribution in [0.1, 0.15) is 49.1 Å². The molecule has 2 aliphatic rings. The number of fused-ring (bicyclic) bond motifs is 1. The van der Waals surface area contributed by atoms with E-state index in [2.05, 4.69) is 22.2 Å². The molecule has 28 heavy (non-hydrogen) atoms. The molecule has 1 fully saturated rings. The quantitative estimate of drug-likeness (QED) is 0.723. The van der Waals surface area contributed by atoms with Gasteiger partial charge in [0.05, 0.1) is 5.69 Å². The molecular formula is C22H30N4OS. The molecule has 150 valence electrons. The maximum Gasteiger partial charge on any atom is 0.223 e. The second-order valence-corrected chi connectivity index (χ2v) is 9.21. The molecule has 0 radical (unpaired) electrons. The van der Waals surface area contributed by atoms with Gasteiger partial charge >= 0.3 is 0 Å². The second kappa shape index (κ2) is 9.14. The third kappa shape index (κ3) is 4.61. The number of hydrogen-bond acceptors (Lipinski definition) is 5. The number of nitrogens with one attached hydrogen (secondary N) is 1. The minimum atomic E-state index is 0.0625. The molecule has 0 aliphatic heterocycles. The summed E-state index contributed by atoms with van der Waals surface area (Å²) in [5, 5.41) is 4.21. The van der Waals surface area contributed by atoms with Crippen LogP contribution in [-0.4, -0.2) is 47.0 Å². The Hall–Kier alpha value is -1.79. The standard InChI is InChI=1S/C22H30N4OS/c1-26(18-5-2-3-6-18)14-4-11-24-21(27)17-7-8-20-19(15-17)25-22(28-20)16-9-12-23-13-10-16/h9-10,12-13,17-18H,2-8,11,14-15H2,1H3,(H,24,27). The van der Waals surface area contributed by atoms with Crippen molar-refractivity contribution < 1.29 is 4.79 Å². The van der Waals surface area contributed by atoms with Gasteiger partial charge in [-0.3, -0.25) is 9.78 Å². The fourth-order valence-corrected chi connectivity index (χ4v) is 5.54. The molecule has 2 aromatic rings. The van der Waals surface area contributed by atoms with Gasteiger partial charge in [-0.05, 0) is 57.8 Å². The second-order valence-electron chi connectivity index (χ2n) is 8.13. The fraction of sp³-hybridized carbons (Fsp3) is 0.591. The first kappa shape index (κ1) is 19.5. The van der Waals surface area contributed by atoms with E-state index in [1.807, 2.05) is 12.1 Å². The lowest BCUT2D eigenvalue weighted by atomic mass is 9.90. The lowest BCUT2D eigenvalue weighted by molar-refractivity contribution is -0.125. The van der Waals surface area contributed by atoms with Crippen molar-refractivity contribution in [1.82, 2.24) is 20.2 Å². The number of rotatable bonds is 7. The van der Waals surface area contributed by atoms with E-state index in [0.29, 0.717) is 0 Å². The number of carbonyl (C=O) groups is 1. The summed E-state index contributed by atoms with van der Waals surface area (Å²) in [6, 6.07) is 4.75. The van der Waals surface area contributed by atoms with Crippen LogP contribution < -0.4 is 5.32 Å². The van der Waals surface area contributed by atoms with Gasteiger partial charge in [0.15, 0.2) is 0 Å². The highest BCUT2D eigenvalue weighted by atomic mass is 32.1. The number of hydrogen-bond donors (Lipinski definition) is 1. The van der Waals surface area contributed by atoms with Crippen LogP contribution in [0, 0.1) is 5.92 Å². The van der Waals surface area contributed by atoms with Gasteiger partial charge in [0.1, 0.15) is 5.01 Å². The summed E-state index contributed by atoms with van der Waals surface area (Å²) < 4.78 is 0. The molecule has 6 heteroatoms. The molecule has 2 aliphatic carbocycles. The number of pyridine rings is 1. The molecule has 1 amide bonds. The lowest BCUT2D eigenvalue weighted by Gasteiger charge is -2.24. The van der Waals surface area contributed by atoms with Gasteiger partial charge < -0.3 is 10.2 Å². The Morgan fingerprint density at radius 2 is 2.04 bits per heavy atom. The van der Waals surface area contributed by atoms with Crippen molar-refractivity contribution in [1.29, 1.82) is 0 Å². The van der Waals surface area contributed by atoms with E-state index in [9.17, 15) is 4.79 Å². The Morgan fingerprint density at radius 1 is 1.25 bits per heavy atom. The summed E-state index contributed by atoms with van der Waals surface area (Å²) in [5.41, 5.74) is 2.23. The average Bonchev–Trinajstić information content (AvgIpc) is 3.41. The van der Waals surface area contributed by atoms with E-state index < -0.39 is 0 Å². The highest BCUT2D eigenvalue weighted by Crippen LogP contribution is 2.34. The zero-order chi connectivity index (χ0) is 19.3. The molecular weight excluding hydrogens is 368 g/mol. The summed E-state index contributed by atoms with van der Waals surface area (Å²) in [6.45, 7) is 1.85. The van der Waals surface area contributed by atoms with E-state index in [1.54, 1.807) is 23.7 Å². The van der Waals surface area contributed by atoms with E-state index >= 15 is 0 Å². The molecule has 4 rings (SSSR count). The summed E-state index contributed by atoms with van der Waals surface area (Å²) >= 11 is 1.76. The number of amides is 1. The fourth-order valence-electron chi connectivity index (χ4n) is 4.43. The third-order valence-corrected chi connectivity index (χ3v) is 7.38. The largest absolute Gasteiger partial charge is 0.356 e. The molecule has 1 unspecified atom stereocenters. The van der Waals surface area contributed by atoms with Gasteiger partial charge in [-0.1, -0.05) is 12.8 Å². The van der Waals surface area contributed by atoms with Crippen LogP contribution in [0.3, 0.4) is 0 Å². The zero-order valence-electron chi connectivity index (χ0n) is 16.7. The highest BCUT2D eigenvalue weighted by Gasteiger charge is 2.27. The van der Waals surface area contributed by atoms with Crippen LogP contribution in [-0.2, 0) is 17.6 Å². The van der Waals surface area contributed by atoms with Crippen LogP contribution in [0.25, 0.3) is 10.6 Å². The summed E-state index contributed by atoms with van der Waals surface area (Å²) in [7, 11) is 2.23. The maximum atomic E-state index is 12.6. The number of carbonyl (C=O) groups excluding carboxylic acids is 1. The number of thiazole rings is 1. The summed E-state index contributed by atoms with van der Waals surface area (Å²) in [4.78, 5) is 25.3. The van der Waals surface area contributed by atoms with Gasteiger partial charge in [-0.2, -0.15) is 0 Å². The van der Waals surface area contributed by atoms with Crippen molar-refractivity contribution >= 4 is 17.2 Å². The predicted molar refractivity (Wildman–Crippen MR) is 113 cm³/mol. The molecule has 1 atom stereocenters. The average molecular weight is 399 g/mol. The van der Waals surface area contributed by atoms with Crippen LogP contribution in [0.5, 0.6) is 0 Å². The SMILES string of the molecule is CN(CCCNC(=O)C1CCc2sc(-c3ccncc3)nc2C1)C1CCCC1. The van der Waals surface area contributed by atoms with Crippen LogP contribution in [0.2, 0.25) is 0 Å². The van der Waals surface area contributed by atoms with E-state index in [1.165, 1.54) is 30.6 Å². The first-order valence-corrected chi connectivity index (χ1v) is 11.4. The van der Waals surface area contributed by atoms with Crippen LogP contribution in [0.15, 0.2) is 24.5 Å². The Morgan fingerprint density at radius 3 is 2.82 bits per heavy atom. The first-order chi connectivity index (χ1) is 13.7. The molecule has 0 spiro atoms. The van der Waals surface area contributed by atoms with Crippen molar-refractivity contribution in [3.8, 4) is 10.6 Å². The Labute approximate surface area is 171 Å². The predicted octanol–water partition coefficient (Wildman–Crippen LogP) is 3.69. The van der Waals surface area contributed by atoms with Gasteiger partial charge in [0.25, 0.3) is 0 Å². The van der Waals surface area contributed by atoms with Crippen molar-refractivity contribution in [3.05, 3.63) is 35.1 Å². The summed E-state index contributed by atoms with van der Waals surface area (Å²) in [6.07, 6.45) is 12.7. The van der Waals surface area contributed by atoms with Crippen molar-refractivity contribution in [2.45, 2.75) is 57.4 Å².